The Morgan fingerprint density at radius 1 is 1.50 bits per heavy atom. The van der Waals surface area contributed by atoms with E-state index in [1.807, 2.05) is 6.92 Å². The van der Waals surface area contributed by atoms with Crippen LogP contribution in [0.3, 0.4) is 0 Å². The standard InChI is InChI=1S/C7H18NO3P/c1-3-4-7(2)8-5-6-12(9,10)11/h7-8H,3-6H2,1-2H3,(H2,9,10,11)/t7-/m1/s1. The van der Waals surface area contributed by atoms with E-state index < -0.39 is 7.60 Å². The number of hydrogen-bond acceptors (Lipinski definition) is 2. The van der Waals surface area contributed by atoms with Crippen LogP contribution in [0.4, 0.5) is 0 Å². The molecule has 0 fully saturated rings. The van der Waals surface area contributed by atoms with Crippen molar-refractivity contribution in [1.82, 2.24) is 5.32 Å². The van der Waals surface area contributed by atoms with Gasteiger partial charge in [0.25, 0.3) is 0 Å². The summed E-state index contributed by atoms with van der Waals surface area (Å²) >= 11 is 0. The Labute approximate surface area is 73.5 Å². The van der Waals surface area contributed by atoms with E-state index in [0.717, 1.165) is 12.8 Å². The molecule has 0 aliphatic rings. The van der Waals surface area contributed by atoms with Crippen LogP contribution in [0.25, 0.3) is 0 Å². The van der Waals surface area contributed by atoms with Crippen LogP contribution in [0, 0.1) is 0 Å². The first kappa shape index (κ1) is 12.1. The molecule has 0 saturated carbocycles. The summed E-state index contributed by atoms with van der Waals surface area (Å²) in [6, 6.07) is 0.349. The van der Waals surface area contributed by atoms with E-state index in [1.54, 1.807) is 0 Å². The smallest absolute Gasteiger partial charge is 0.324 e. The van der Waals surface area contributed by atoms with Gasteiger partial charge in [0.15, 0.2) is 0 Å². The van der Waals surface area contributed by atoms with Crippen molar-refractivity contribution in [1.29, 1.82) is 0 Å². The van der Waals surface area contributed by atoms with Gasteiger partial charge in [-0.1, -0.05) is 13.3 Å². The van der Waals surface area contributed by atoms with Gasteiger partial charge in [0.2, 0.25) is 0 Å². The van der Waals surface area contributed by atoms with Gasteiger partial charge in [0.05, 0.1) is 6.16 Å². The van der Waals surface area contributed by atoms with E-state index in [0.29, 0.717) is 12.6 Å². The van der Waals surface area contributed by atoms with E-state index in [-0.39, 0.29) is 6.16 Å². The van der Waals surface area contributed by atoms with Gasteiger partial charge in [-0.2, -0.15) is 0 Å². The Balaban J connectivity index is 3.37. The molecular weight excluding hydrogens is 177 g/mol. The third-order valence-electron chi connectivity index (χ3n) is 1.62. The molecule has 0 saturated heterocycles. The van der Waals surface area contributed by atoms with Gasteiger partial charge in [0.1, 0.15) is 0 Å². The molecule has 0 rings (SSSR count). The van der Waals surface area contributed by atoms with Crippen molar-refractivity contribution in [2.24, 2.45) is 0 Å². The lowest BCUT2D eigenvalue weighted by molar-refractivity contribution is 0.370. The van der Waals surface area contributed by atoms with Crippen LogP contribution in [0.2, 0.25) is 0 Å². The van der Waals surface area contributed by atoms with Crippen molar-refractivity contribution < 1.29 is 14.4 Å². The molecule has 0 spiro atoms. The average molecular weight is 195 g/mol. The molecule has 0 aromatic rings. The summed E-state index contributed by atoms with van der Waals surface area (Å²) in [6.45, 7) is 4.50. The third kappa shape index (κ3) is 8.21. The Morgan fingerprint density at radius 3 is 2.50 bits per heavy atom. The van der Waals surface area contributed by atoms with Gasteiger partial charge in [-0.25, -0.2) is 0 Å². The molecule has 0 aromatic heterocycles. The van der Waals surface area contributed by atoms with Gasteiger partial charge < -0.3 is 15.1 Å². The van der Waals surface area contributed by atoms with Crippen LogP contribution < -0.4 is 5.32 Å². The maximum Gasteiger partial charge on any atom is 0.326 e. The van der Waals surface area contributed by atoms with Crippen molar-refractivity contribution in [2.75, 3.05) is 12.7 Å². The van der Waals surface area contributed by atoms with E-state index in [1.165, 1.54) is 0 Å². The minimum atomic E-state index is -3.80. The summed E-state index contributed by atoms with van der Waals surface area (Å²) in [5.74, 6) is 0. The zero-order valence-corrected chi connectivity index (χ0v) is 8.55. The first-order chi connectivity index (χ1) is 5.45. The van der Waals surface area contributed by atoms with Crippen molar-refractivity contribution in [2.45, 2.75) is 32.7 Å². The summed E-state index contributed by atoms with van der Waals surface area (Å²) in [6.07, 6.45) is 2.06. The Kier molecular flexibility index (Phi) is 5.76. The second kappa shape index (κ2) is 5.70. The highest BCUT2D eigenvalue weighted by Gasteiger charge is 2.11. The molecule has 0 aliphatic carbocycles. The van der Waals surface area contributed by atoms with Gasteiger partial charge >= 0.3 is 7.60 Å². The molecule has 0 aromatic carbocycles. The lowest BCUT2D eigenvalue weighted by Crippen LogP contribution is -2.28. The molecule has 5 heteroatoms. The maximum atomic E-state index is 10.4. The molecular formula is C7H18NO3P. The van der Waals surface area contributed by atoms with Crippen LogP contribution >= 0.6 is 7.60 Å². The molecule has 0 aliphatic heterocycles. The molecule has 0 radical (unpaired) electrons. The van der Waals surface area contributed by atoms with E-state index in [2.05, 4.69) is 12.2 Å². The Hall–Kier alpha value is 0.110. The minimum absolute atomic E-state index is 0.0684. The lowest BCUT2D eigenvalue weighted by atomic mass is 10.2. The topological polar surface area (TPSA) is 69.6 Å². The monoisotopic (exact) mass is 195 g/mol. The molecule has 0 unspecified atom stereocenters. The fourth-order valence-electron chi connectivity index (χ4n) is 0.992. The third-order valence-corrected chi connectivity index (χ3v) is 2.42. The van der Waals surface area contributed by atoms with Crippen molar-refractivity contribution in [3.05, 3.63) is 0 Å². The number of nitrogens with one attached hydrogen (secondary N) is 1. The summed E-state index contributed by atoms with van der Waals surface area (Å²) in [7, 11) is -3.80. The highest BCUT2D eigenvalue weighted by molar-refractivity contribution is 7.51. The predicted molar refractivity (Wildman–Crippen MR) is 49.3 cm³/mol. The first-order valence-electron chi connectivity index (χ1n) is 4.23. The summed E-state index contributed by atoms with van der Waals surface area (Å²) in [5.41, 5.74) is 0. The van der Waals surface area contributed by atoms with Gasteiger partial charge in [-0.15, -0.1) is 0 Å². The second-order valence-electron chi connectivity index (χ2n) is 3.03. The van der Waals surface area contributed by atoms with Crippen molar-refractivity contribution in [3.8, 4) is 0 Å². The van der Waals surface area contributed by atoms with E-state index in [4.69, 9.17) is 9.79 Å². The zero-order valence-electron chi connectivity index (χ0n) is 7.66. The lowest BCUT2D eigenvalue weighted by Gasteiger charge is -2.12. The Bertz CT molecular complexity index is 157. The molecule has 12 heavy (non-hydrogen) atoms. The summed E-state index contributed by atoms with van der Waals surface area (Å²) in [4.78, 5) is 17.1. The SMILES string of the molecule is CCC[C@@H](C)NCCP(=O)(O)O. The van der Waals surface area contributed by atoms with E-state index in [9.17, 15) is 4.57 Å². The fourth-order valence-corrected chi connectivity index (χ4v) is 1.41. The van der Waals surface area contributed by atoms with Crippen LogP contribution in [-0.2, 0) is 4.57 Å². The molecule has 4 nitrogen and oxygen atoms in total. The highest BCUT2D eigenvalue weighted by atomic mass is 31.2. The van der Waals surface area contributed by atoms with Crippen LogP contribution in [0.1, 0.15) is 26.7 Å². The van der Waals surface area contributed by atoms with Crippen LogP contribution in [0.15, 0.2) is 0 Å². The highest BCUT2D eigenvalue weighted by Crippen LogP contribution is 2.32. The van der Waals surface area contributed by atoms with Crippen LogP contribution in [-0.4, -0.2) is 28.5 Å². The molecule has 0 bridgehead atoms. The molecule has 0 amide bonds. The van der Waals surface area contributed by atoms with Crippen molar-refractivity contribution >= 4 is 7.60 Å². The van der Waals surface area contributed by atoms with Crippen molar-refractivity contribution in [3.63, 3.8) is 0 Å². The van der Waals surface area contributed by atoms with Gasteiger partial charge in [0, 0.05) is 12.6 Å². The first-order valence-corrected chi connectivity index (χ1v) is 6.03. The quantitative estimate of drug-likeness (QED) is 0.552. The van der Waals surface area contributed by atoms with Crippen LogP contribution in [0.5, 0.6) is 0 Å². The minimum Gasteiger partial charge on any atom is -0.324 e. The summed E-state index contributed by atoms with van der Waals surface area (Å²) in [5, 5.41) is 3.05. The molecule has 3 N–H and O–H groups in total. The molecule has 1 atom stereocenters. The van der Waals surface area contributed by atoms with E-state index >= 15 is 0 Å². The fraction of sp³-hybridized carbons (Fsp3) is 1.00. The average Bonchev–Trinajstić information content (AvgIpc) is 1.84. The van der Waals surface area contributed by atoms with Gasteiger partial charge in [-0.3, -0.25) is 4.57 Å². The van der Waals surface area contributed by atoms with Gasteiger partial charge in [-0.05, 0) is 13.3 Å². The molecule has 0 heterocycles. The number of rotatable bonds is 6. The normalized spacial score (nSPS) is 14.7. The predicted octanol–water partition coefficient (Wildman–Crippen LogP) is 0.942. The summed E-state index contributed by atoms with van der Waals surface area (Å²) < 4.78 is 10.4. The Morgan fingerprint density at radius 2 is 2.08 bits per heavy atom. The zero-order chi connectivity index (χ0) is 9.61. The molecule has 74 valence electrons. The second-order valence-corrected chi connectivity index (χ2v) is 4.81. The maximum absolute atomic E-state index is 10.4. The largest absolute Gasteiger partial charge is 0.326 e. The number of hydrogen-bond donors (Lipinski definition) is 3.